The summed E-state index contributed by atoms with van der Waals surface area (Å²) < 4.78 is 39.5. The molecule has 0 saturated heterocycles. The van der Waals surface area contributed by atoms with Crippen LogP contribution in [0.1, 0.15) is 20.7 Å². The largest absolute Gasteiger partial charge is 0.478 e. The highest BCUT2D eigenvalue weighted by atomic mass is 19.2. The van der Waals surface area contributed by atoms with Gasteiger partial charge >= 0.3 is 5.97 Å². The van der Waals surface area contributed by atoms with Crippen LogP contribution in [0.5, 0.6) is 0 Å². The topological polar surface area (TPSA) is 66.4 Å². The Morgan fingerprint density at radius 3 is 2.38 bits per heavy atom. The number of carbonyl (C=O) groups is 2. The van der Waals surface area contributed by atoms with Gasteiger partial charge in [0.1, 0.15) is 5.82 Å². The molecule has 0 aliphatic carbocycles. The minimum absolute atomic E-state index is 0.224. The zero-order valence-electron chi connectivity index (χ0n) is 10.4. The molecule has 2 N–H and O–H groups in total. The highest BCUT2D eigenvalue weighted by Crippen LogP contribution is 2.19. The Balaban J connectivity index is 2.36. The number of carboxylic acids is 1. The summed E-state index contributed by atoms with van der Waals surface area (Å²) in [6.45, 7) is 0. The maximum Gasteiger partial charge on any atom is 0.337 e. The lowest BCUT2D eigenvalue weighted by Crippen LogP contribution is -2.17. The van der Waals surface area contributed by atoms with Crippen molar-refractivity contribution in [2.45, 2.75) is 0 Å². The molecule has 0 atom stereocenters. The predicted molar refractivity (Wildman–Crippen MR) is 67.7 cm³/mol. The monoisotopic (exact) mass is 295 g/mol. The zero-order valence-corrected chi connectivity index (χ0v) is 10.4. The first-order valence-corrected chi connectivity index (χ1v) is 5.68. The third kappa shape index (κ3) is 3.02. The average Bonchev–Trinajstić information content (AvgIpc) is 2.43. The molecule has 0 fully saturated rings. The van der Waals surface area contributed by atoms with E-state index in [1.165, 1.54) is 0 Å². The second-order valence-electron chi connectivity index (χ2n) is 4.05. The summed E-state index contributed by atoms with van der Waals surface area (Å²) in [5.41, 5.74) is -1.31. The quantitative estimate of drug-likeness (QED) is 0.914. The van der Waals surface area contributed by atoms with Gasteiger partial charge in [-0.2, -0.15) is 0 Å². The molecule has 2 aromatic carbocycles. The van der Waals surface area contributed by atoms with Gasteiger partial charge in [-0.3, -0.25) is 4.79 Å². The molecule has 0 aromatic heterocycles. The molecule has 0 aliphatic rings. The number of nitrogens with one attached hydrogen (secondary N) is 1. The van der Waals surface area contributed by atoms with Gasteiger partial charge in [0, 0.05) is 0 Å². The first kappa shape index (κ1) is 14.6. The van der Waals surface area contributed by atoms with Crippen LogP contribution in [0.2, 0.25) is 0 Å². The van der Waals surface area contributed by atoms with Crippen molar-refractivity contribution in [1.29, 1.82) is 0 Å². The number of aromatic carboxylic acids is 1. The third-order valence-electron chi connectivity index (χ3n) is 2.66. The molecule has 108 valence electrons. The first-order chi connectivity index (χ1) is 9.90. The molecule has 0 radical (unpaired) electrons. The molecular formula is C14H8F3NO3. The van der Waals surface area contributed by atoms with Gasteiger partial charge in [-0.05, 0) is 30.3 Å². The molecule has 0 heterocycles. The van der Waals surface area contributed by atoms with E-state index >= 15 is 0 Å². The van der Waals surface area contributed by atoms with Gasteiger partial charge in [-0.1, -0.05) is 6.07 Å². The van der Waals surface area contributed by atoms with E-state index in [0.29, 0.717) is 6.07 Å². The number of anilines is 1. The molecule has 21 heavy (non-hydrogen) atoms. The molecule has 1 amide bonds. The number of hydrogen-bond donors (Lipinski definition) is 2. The fourth-order valence-corrected chi connectivity index (χ4v) is 1.67. The molecule has 0 spiro atoms. The van der Waals surface area contributed by atoms with E-state index in [1.807, 2.05) is 0 Å². The van der Waals surface area contributed by atoms with Crippen LogP contribution in [-0.4, -0.2) is 17.0 Å². The maximum absolute atomic E-state index is 13.5. The molecule has 2 rings (SSSR count). The van der Waals surface area contributed by atoms with Crippen molar-refractivity contribution in [2.24, 2.45) is 0 Å². The van der Waals surface area contributed by atoms with Gasteiger partial charge in [0.25, 0.3) is 5.91 Å². The van der Waals surface area contributed by atoms with E-state index in [4.69, 9.17) is 5.11 Å². The fraction of sp³-hybridized carbons (Fsp3) is 0. The molecule has 2 aromatic rings. The standard InChI is InChI=1S/C14H8F3NO3/c15-7-4-5-11(9(6-7)14(20)21)18-13(19)8-2-1-3-10(16)12(8)17/h1-6H,(H,18,19)(H,20,21). The Bertz CT molecular complexity index is 731. The molecule has 4 nitrogen and oxygen atoms in total. The van der Waals surface area contributed by atoms with E-state index in [0.717, 1.165) is 30.3 Å². The van der Waals surface area contributed by atoms with Crippen LogP contribution in [0, 0.1) is 17.5 Å². The predicted octanol–water partition coefficient (Wildman–Crippen LogP) is 3.05. The summed E-state index contributed by atoms with van der Waals surface area (Å²) in [5, 5.41) is 11.0. The highest BCUT2D eigenvalue weighted by molar-refractivity contribution is 6.07. The fourth-order valence-electron chi connectivity index (χ4n) is 1.67. The number of benzene rings is 2. The smallest absolute Gasteiger partial charge is 0.337 e. The number of hydrogen-bond acceptors (Lipinski definition) is 2. The summed E-state index contributed by atoms with van der Waals surface area (Å²) in [6.07, 6.45) is 0. The highest BCUT2D eigenvalue weighted by Gasteiger charge is 2.18. The van der Waals surface area contributed by atoms with E-state index in [-0.39, 0.29) is 5.69 Å². The van der Waals surface area contributed by atoms with Crippen LogP contribution >= 0.6 is 0 Å². The first-order valence-electron chi connectivity index (χ1n) is 5.68. The van der Waals surface area contributed by atoms with Crippen LogP contribution in [-0.2, 0) is 0 Å². The SMILES string of the molecule is O=C(O)c1cc(F)ccc1NC(=O)c1cccc(F)c1F. The van der Waals surface area contributed by atoms with Gasteiger partial charge in [0.15, 0.2) is 11.6 Å². The Hall–Kier alpha value is -2.83. The average molecular weight is 295 g/mol. The van der Waals surface area contributed by atoms with Crippen LogP contribution in [0.15, 0.2) is 36.4 Å². The van der Waals surface area contributed by atoms with Crippen molar-refractivity contribution in [2.75, 3.05) is 5.32 Å². The van der Waals surface area contributed by atoms with Crippen LogP contribution < -0.4 is 5.32 Å². The molecule has 7 heteroatoms. The van der Waals surface area contributed by atoms with Gasteiger partial charge in [-0.15, -0.1) is 0 Å². The third-order valence-corrected chi connectivity index (χ3v) is 2.66. The van der Waals surface area contributed by atoms with Crippen molar-refractivity contribution < 1.29 is 27.9 Å². The number of amides is 1. The van der Waals surface area contributed by atoms with Crippen LogP contribution in [0.4, 0.5) is 18.9 Å². The summed E-state index contributed by atoms with van der Waals surface area (Å²) >= 11 is 0. The summed E-state index contributed by atoms with van der Waals surface area (Å²) in [6, 6.07) is 5.68. The summed E-state index contributed by atoms with van der Waals surface area (Å²) in [5.74, 6) is -5.87. The van der Waals surface area contributed by atoms with Gasteiger partial charge in [0.2, 0.25) is 0 Å². The molecule has 0 bridgehead atoms. The molecule has 0 unspecified atom stereocenters. The van der Waals surface area contributed by atoms with Crippen LogP contribution in [0.25, 0.3) is 0 Å². The minimum atomic E-state index is -1.47. The molecular weight excluding hydrogens is 287 g/mol. The number of rotatable bonds is 3. The van der Waals surface area contributed by atoms with Gasteiger partial charge in [-0.25, -0.2) is 18.0 Å². The van der Waals surface area contributed by atoms with Crippen molar-refractivity contribution in [3.63, 3.8) is 0 Å². The number of carbonyl (C=O) groups excluding carboxylic acids is 1. The lowest BCUT2D eigenvalue weighted by atomic mass is 10.1. The van der Waals surface area contributed by atoms with Crippen molar-refractivity contribution >= 4 is 17.6 Å². The second kappa shape index (κ2) is 5.66. The molecule has 0 saturated carbocycles. The van der Waals surface area contributed by atoms with E-state index in [9.17, 15) is 22.8 Å². The van der Waals surface area contributed by atoms with E-state index < -0.39 is 40.5 Å². The lowest BCUT2D eigenvalue weighted by Gasteiger charge is -2.09. The zero-order chi connectivity index (χ0) is 15.6. The maximum atomic E-state index is 13.5. The summed E-state index contributed by atoms with van der Waals surface area (Å²) in [7, 11) is 0. The second-order valence-corrected chi connectivity index (χ2v) is 4.05. The van der Waals surface area contributed by atoms with E-state index in [1.54, 1.807) is 0 Å². The van der Waals surface area contributed by atoms with Gasteiger partial charge in [0.05, 0.1) is 16.8 Å². The summed E-state index contributed by atoms with van der Waals surface area (Å²) in [4.78, 5) is 22.8. The minimum Gasteiger partial charge on any atom is -0.478 e. The van der Waals surface area contributed by atoms with Crippen LogP contribution in [0.3, 0.4) is 0 Å². The normalized spacial score (nSPS) is 10.2. The Morgan fingerprint density at radius 2 is 1.71 bits per heavy atom. The molecule has 0 aliphatic heterocycles. The van der Waals surface area contributed by atoms with Crippen molar-refractivity contribution in [3.8, 4) is 0 Å². The number of carboxylic acid groups (broad SMARTS) is 1. The van der Waals surface area contributed by atoms with E-state index in [2.05, 4.69) is 5.32 Å². The number of halogens is 3. The Labute approximate surface area is 116 Å². The van der Waals surface area contributed by atoms with Crippen molar-refractivity contribution in [1.82, 2.24) is 0 Å². The Morgan fingerprint density at radius 1 is 1.00 bits per heavy atom. The van der Waals surface area contributed by atoms with Crippen molar-refractivity contribution in [3.05, 3.63) is 65.0 Å². The Kier molecular flexibility index (Phi) is 3.93. The van der Waals surface area contributed by atoms with Gasteiger partial charge < -0.3 is 10.4 Å². The lowest BCUT2D eigenvalue weighted by molar-refractivity contribution is 0.0697.